The van der Waals surface area contributed by atoms with E-state index in [2.05, 4.69) is 15.2 Å². The molecule has 0 aliphatic carbocycles. The lowest BCUT2D eigenvalue weighted by Gasteiger charge is -2.35. The van der Waals surface area contributed by atoms with Gasteiger partial charge in [0.2, 0.25) is 0 Å². The van der Waals surface area contributed by atoms with Gasteiger partial charge >= 0.3 is 0 Å². The maximum Gasteiger partial charge on any atom is 0.171 e. The zero-order valence-electron chi connectivity index (χ0n) is 14.8. The second kappa shape index (κ2) is 7.40. The molecule has 7 heteroatoms. The first kappa shape index (κ1) is 17.5. The van der Waals surface area contributed by atoms with Gasteiger partial charge in [0.1, 0.15) is 36.8 Å². The molecule has 4 rings (SSSR count). The monoisotopic (exact) mass is 382 g/mol. The Morgan fingerprint density at radius 3 is 2.67 bits per heavy atom. The second-order valence-corrected chi connectivity index (χ2v) is 7.16. The van der Waals surface area contributed by atoms with Crippen LogP contribution in [-0.2, 0) is 4.84 Å². The average molecular weight is 383 g/mol. The number of hydrogen-bond donors (Lipinski definition) is 0. The number of ether oxygens (including phenoxy) is 1. The fourth-order valence-corrected chi connectivity index (χ4v) is 3.19. The van der Waals surface area contributed by atoms with Crippen molar-refractivity contribution >= 4 is 17.3 Å². The van der Waals surface area contributed by atoms with Crippen LogP contribution in [0.3, 0.4) is 0 Å². The summed E-state index contributed by atoms with van der Waals surface area (Å²) in [4.78, 5) is 9.97. The molecule has 0 saturated carbocycles. The molecule has 1 aromatic heterocycles. The highest BCUT2D eigenvalue weighted by molar-refractivity contribution is 6.30. The molecular formula is C20H19ClN4O2. The van der Waals surface area contributed by atoms with Crippen LogP contribution in [0.1, 0.15) is 24.9 Å². The summed E-state index contributed by atoms with van der Waals surface area (Å²) in [5.74, 6) is 0.798. The van der Waals surface area contributed by atoms with Crippen LogP contribution in [0, 0.1) is 0 Å². The molecule has 2 heterocycles. The Bertz CT molecular complexity index is 913. The molecule has 27 heavy (non-hydrogen) atoms. The Hall–Kier alpha value is -2.86. The van der Waals surface area contributed by atoms with Crippen molar-refractivity contribution in [3.63, 3.8) is 0 Å². The molecule has 2 unspecified atom stereocenters. The number of para-hydroxylation sites is 1. The molecule has 0 radical (unpaired) electrons. The lowest BCUT2D eigenvalue weighted by molar-refractivity contribution is -0.0788. The highest BCUT2D eigenvalue weighted by atomic mass is 35.5. The van der Waals surface area contributed by atoms with Crippen LogP contribution in [0.15, 0.2) is 72.4 Å². The third kappa shape index (κ3) is 3.95. The summed E-state index contributed by atoms with van der Waals surface area (Å²) in [5, 5.41) is 9.43. The Balaban J connectivity index is 1.60. The first-order valence-corrected chi connectivity index (χ1v) is 9.05. The number of nitrogens with zero attached hydrogens (tertiary/aromatic N) is 4. The summed E-state index contributed by atoms with van der Waals surface area (Å²) < 4.78 is 7.72. The van der Waals surface area contributed by atoms with Crippen LogP contribution >= 0.6 is 11.6 Å². The van der Waals surface area contributed by atoms with E-state index in [0.29, 0.717) is 18.1 Å². The van der Waals surface area contributed by atoms with Gasteiger partial charge in [-0.05, 0) is 31.2 Å². The van der Waals surface area contributed by atoms with E-state index in [1.54, 1.807) is 11.0 Å². The average Bonchev–Trinajstić information content (AvgIpc) is 3.23. The van der Waals surface area contributed by atoms with Crippen molar-refractivity contribution in [2.45, 2.75) is 25.0 Å². The molecule has 0 fully saturated rings. The number of hydrogen-bond acceptors (Lipinski definition) is 5. The molecule has 0 N–H and O–H groups in total. The van der Waals surface area contributed by atoms with Crippen molar-refractivity contribution in [2.24, 2.45) is 5.16 Å². The zero-order chi connectivity index (χ0) is 18.7. The molecule has 0 spiro atoms. The predicted octanol–water partition coefficient (Wildman–Crippen LogP) is 4.13. The Labute approximate surface area is 162 Å². The lowest BCUT2D eigenvalue weighted by atomic mass is 9.90. The topological polar surface area (TPSA) is 61.5 Å². The molecule has 2 aromatic carbocycles. The van der Waals surface area contributed by atoms with E-state index in [1.807, 2.05) is 61.5 Å². The van der Waals surface area contributed by atoms with Gasteiger partial charge in [-0.2, -0.15) is 5.10 Å². The smallest absolute Gasteiger partial charge is 0.171 e. The molecule has 2 atom stereocenters. The summed E-state index contributed by atoms with van der Waals surface area (Å²) >= 11 is 6.02. The van der Waals surface area contributed by atoms with E-state index in [-0.39, 0.29) is 6.04 Å². The van der Waals surface area contributed by atoms with Crippen molar-refractivity contribution in [3.8, 4) is 5.75 Å². The van der Waals surface area contributed by atoms with E-state index in [4.69, 9.17) is 21.2 Å². The van der Waals surface area contributed by atoms with Crippen molar-refractivity contribution in [2.75, 3.05) is 6.61 Å². The molecular weight excluding hydrogens is 364 g/mol. The first-order chi connectivity index (χ1) is 13.1. The summed E-state index contributed by atoms with van der Waals surface area (Å²) in [6, 6.07) is 17.1. The van der Waals surface area contributed by atoms with E-state index in [9.17, 15) is 0 Å². The van der Waals surface area contributed by atoms with Gasteiger partial charge in [0.05, 0.1) is 0 Å². The maximum atomic E-state index is 6.02. The second-order valence-electron chi connectivity index (χ2n) is 6.72. The minimum absolute atomic E-state index is 0.119. The van der Waals surface area contributed by atoms with E-state index < -0.39 is 5.60 Å². The van der Waals surface area contributed by atoms with Crippen LogP contribution in [0.5, 0.6) is 5.75 Å². The standard InChI is InChI=1S/C20H19ClN4O2/c1-20(12-26-17-5-3-2-4-6-17)11-18(25-14-22-13-23-25)19(24-27-20)15-7-9-16(21)10-8-15/h2-10,13-14,18H,11-12H2,1H3. The Morgan fingerprint density at radius 2 is 1.96 bits per heavy atom. The number of halogens is 1. The summed E-state index contributed by atoms with van der Waals surface area (Å²) in [5.41, 5.74) is 1.13. The third-order valence-corrected chi connectivity index (χ3v) is 4.74. The van der Waals surface area contributed by atoms with E-state index in [0.717, 1.165) is 17.0 Å². The molecule has 1 aliphatic rings. The van der Waals surface area contributed by atoms with Crippen LogP contribution < -0.4 is 4.74 Å². The van der Waals surface area contributed by atoms with Gasteiger partial charge in [0, 0.05) is 17.0 Å². The van der Waals surface area contributed by atoms with Crippen LogP contribution in [0.25, 0.3) is 0 Å². The first-order valence-electron chi connectivity index (χ1n) is 8.67. The van der Waals surface area contributed by atoms with Gasteiger partial charge in [0.15, 0.2) is 5.60 Å². The molecule has 0 amide bonds. The van der Waals surface area contributed by atoms with Crippen LogP contribution in [0.2, 0.25) is 5.02 Å². The van der Waals surface area contributed by atoms with Crippen molar-refractivity contribution < 1.29 is 9.57 Å². The number of aromatic nitrogens is 3. The predicted molar refractivity (Wildman–Crippen MR) is 103 cm³/mol. The van der Waals surface area contributed by atoms with Gasteiger partial charge in [-0.3, -0.25) is 0 Å². The number of oxime groups is 1. The highest BCUT2D eigenvalue weighted by Gasteiger charge is 2.39. The number of benzene rings is 2. The van der Waals surface area contributed by atoms with Crippen LogP contribution in [-0.4, -0.2) is 32.7 Å². The van der Waals surface area contributed by atoms with E-state index in [1.165, 1.54) is 6.33 Å². The van der Waals surface area contributed by atoms with Crippen LogP contribution in [0.4, 0.5) is 0 Å². The summed E-state index contributed by atoms with van der Waals surface area (Å²) in [6.45, 7) is 2.36. The highest BCUT2D eigenvalue weighted by Crippen LogP contribution is 2.33. The van der Waals surface area contributed by atoms with Crippen molar-refractivity contribution in [1.82, 2.24) is 14.8 Å². The minimum Gasteiger partial charge on any atom is -0.489 e. The molecule has 3 aromatic rings. The van der Waals surface area contributed by atoms with Crippen molar-refractivity contribution in [1.29, 1.82) is 0 Å². The third-order valence-electron chi connectivity index (χ3n) is 4.49. The zero-order valence-corrected chi connectivity index (χ0v) is 15.6. The summed E-state index contributed by atoms with van der Waals surface area (Å²) in [6.07, 6.45) is 3.86. The Kier molecular flexibility index (Phi) is 4.81. The SMILES string of the molecule is CC1(COc2ccccc2)CC(n2cncn2)C(c2ccc(Cl)cc2)=NO1. The molecule has 0 bridgehead atoms. The quantitative estimate of drug-likeness (QED) is 0.665. The molecule has 138 valence electrons. The molecule has 0 saturated heterocycles. The van der Waals surface area contributed by atoms with Gasteiger partial charge in [0.25, 0.3) is 0 Å². The van der Waals surface area contributed by atoms with Gasteiger partial charge in [-0.1, -0.05) is 47.1 Å². The van der Waals surface area contributed by atoms with E-state index >= 15 is 0 Å². The normalized spacial score (nSPS) is 22.0. The fraction of sp³-hybridized carbons (Fsp3) is 0.250. The van der Waals surface area contributed by atoms with Gasteiger partial charge in [-0.15, -0.1) is 0 Å². The largest absolute Gasteiger partial charge is 0.489 e. The van der Waals surface area contributed by atoms with Crippen molar-refractivity contribution in [3.05, 3.63) is 77.8 Å². The lowest BCUT2D eigenvalue weighted by Crippen LogP contribution is -2.43. The molecule has 6 nitrogen and oxygen atoms in total. The van der Waals surface area contributed by atoms with Gasteiger partial charge < -0.3 is 9.57 Å². The Morgan fingerprint density at radius 1 is 1.19 bits per heavy atom. The summed E-state index contributed by atoms with van der Waals surface area (Å²) in [7, 11) is 0. The maximum absolute atomic E-state index is 6.02. The fourth-order valence-electron chi connectivity index (χ4n) is 3.06. The molecule has 1 aliphatic heterocycles. The number of rotatable bonds is 5. The van der Waals surface area contributed by atoms with Gasteiger partial charge in [-0.25, -0.2) is 9.67 Å². The minimum atomic E-state index is -0.595.